The second-order valence-electron chi connectivity index (χ2n) is 4.06. The topological polar surface area (TPSA) is 17.8 Å². The highest BCUT2D eigenvalue weighted by Crippen LogP contribution is 2.09. The molecule has 0 aromatic carbocycles. The van der Waals surface area contributed by atoms with Crippen molar-refractivity contribution in [1.82, 2.24) is 9.78 Å². The first-order chi connectivity index (χ1) is 6.74. The van der Waals surface area contributed by atoms with Crippen LogP contribution in [-0.2, 0) is 13.5 Å². The van der Waals surface area contributed by atoms with Gasteiger partial charge in [-0.15, -0.1) is 0 Å². The molecule has 0 atom stereocenters. The Morgan fingerprint density at radius 1 is 1.21 bits per heavy atom. The summed E-state index contributed by atoms with van der Waals surface area (Å²) in [4.78, 5) is 0. The molecule has 0 aliphatic rings. The van der Waals surface area contributed by atoms with Crippen molar-refractivity contribution in [3.8, 4) is 0 Å². The van der Waals surface area contributed by atoms with Crippen molar-refractivity contribution in [3.63, 3.8) is 0 Å². The molecule has 0 spiro atoms. The summed E-state index contributed by atoms with van der Waals surface area (Å²) >= 11 is 0. The molecule has 0 aliphatic heterocycles. The van der Waals surface area contributed by atoms with Crippen molar-refractivity contribution in [2.24, 2.45) is 7.05 Å². The fraction of sp³-hybridized carbons (Fsp3) is 0.750. The minimum absolute atomic E-state index is 1.14. The summed E-state index contributed by atoms with van der Waals surface area (Å²) in [6, 6.07) is 2.19. The molecule has 1 heterocycles. The van der Waals surface area contributed by atoms with Crippen LogP contribution in [0.5, 0.6) is 0 Å². The van der Waals surface area contributed by atoms with Crippen LogP contribution >= 0.6 is 0 Å². The second kappa shape index (κ2) is 5.84. The molecule has 14 heavy (non-hydrogen) atoms. The van der Waals surface area contributed by atoms with Gasteiger partial charge in [0.25, 0.3) is 0 Å². The number of unbranched alkanes of at least 4 members (excludes halogenated alkanes) is 4. The average molecular weight is 194 g/mol. The van der Waals surface area contributed by atoms with E-state index in [1.165, 1.54) is 44.2 Å². The maximum absolute atomic E-state index is 4.34. The van der Waals surface area contributed by atoms with E-state index in [-0.39, 0.29) is 0 Å². The Labute approximate surface area is 87.3 Å². The normalized spacial score (nSPS) is 10.8. The number of aryl methyl sites for hydroxylation is 3. The zero-order valence-electron chi connectivity index (χ0n) is 9.71. The summed E-state index contributed by atoms with van der Waals surface area (Å²) in [6.45, 7) is 4.31. The fourth-order valence-corrected chi connectivity index (χ4v) is 1.81. The third-order valence-electron chi connectivity index (χ3n) is 2.64. The Balaban J connectivity index is 2.21. The van der Waals surface area contributed by atoms with Gasteiger partial charge in [-0.05, 0) is 25.8 Å². The van der Waals surface area contributed by atoms with Crippen molar-refractivity contribution in [3.05, 3.63) is 17.5 Å². The smallest absolute Gasteiger partial charge is 0.0596 e. The number of nitrogens with zero attached hydrogens (tertiary/aromatic N) is 2. The molecular weight excluding hydrogens is 172 g/mol. The second-order valence-corrected chi connectivity index (χ2v) is 4.06. The first kappa shape index (κ1) is 11.3. The van der Waals surface area contributed by atoms with E-state index in [0.717, 1.165) is 5.69 Å². The molecule has 0 amide bonds. The molecule has 0 saturated heterocycles. The Bertz CT molecular complexity index is 263. The van der Waals surface area contributed by atoms with E-state index in [1.54, 1.807) is 0 Å². The molecule has 0 bridgehead atoms. The van der Waals surface area contributed by atoms with Crippen LogP contribution in [0.25, 0.3) is 0 Å². The fourth-order valence-electron chi connectivity index (χ4n) is 1.81. The molecule has 2 heteroatoms. The van der Waals surface area contributed by atoms with Crippen LogP contribution in [0.15, 0.2) is 6.07 Å². The predicted octanol–water partition coefficient (Wildman–Crippen LogP) is 3.24. The lowest BCUT2D eigenvalue weighted by atomic mass is 10.1. The first-order valence-corrected chi connectivity index (χ1v) is 5.73. The zero-order valence-corrected chi connectivity index (χ0v) is 9.71. The van der Waals surface area contributed by atoms with Crippen LogP contribution in [-0.4, -0.2) is 9.78 Å². The van der Waals surface area contributed by atoms with Crippen LogP contribution in [0.3, 0.4) is 0 Å². The van der Waals surface area contributed by atoms with Gasteiger partial charge >= 0.3 is 0 Å². The van der Waals surface area contributed by atoms with E-state index in [0.29, 0.717) is 0 Å². The van der Waals surface area contributed by atoms with Gasteiger partial charge in [-0.25, -0.2) is 0 Å². The van der Waals surface area contributed by atoms with Gasteiger partial charge < -0.3 is 0 Å². The minimum atomic E-state index is 1.14. The van der Waals surface area contributed by atoms with Crippen LogP contribution in [0.2, 0.25) is 0 Å². The van der Waals surface area contributed by atoms with Crippen molar-refractivity contribution < 1.29 is 0 Å². The maximum Gasteiger partial charge on any atom is 0.0596 e. The Kier molecular flexibility index (Phi) is 4.71. The Hall–Kier alpha value is -0.790. The maximum atomic E-state index is 4.34. The lowest BCUT2D eigenvalue weighted by molar-refractivity contribution is 0.609. The third kappa shape index (κ3) is 3.52. The molecule has 0 radical (unpaired) electrons. The van der Waals surface area contributed by atoms with Crippen molar-refractivity contribution in [2.45, 2.75) is 52.4 Å². The van der Waals surface area contributed by atoms with Crippen molar-refractivity contribution in [2.75, 3.05) is 0 Å². The SMILES string of the molecule is CCCCCCCc1cc(C)nn1C. The minimum Gasteiger partial charge on any atom is -0.272 e. The van der Waals surface area contributed by atoms with E-state index in [1.807, 2.05) is 11.7 Å². The summed E-state index contributed by atoms with van der Waals surface area (Å²) in [5.41, 5.74) is 2.51. The highest BCUT2D eigenvalue weighted by molar-refractivity contribution is 5.08. The molecule has 0 aliphatic carbocycles. The number of hydrogen-bond acceptors (Lipinski definition) is 1. The molecule has 2 nitrogen and oxygen atoms in total. The molecular formula is C12H22N2. The van der Waals surface area contributed by atoms with Gasteiger partial charge in [0.05, 0.1) is 5.69 Å². The zero-order chi connectivity index (χ0) is 10.4. The van der Waals surface area contributed by atoms with Crippen LogP contribution in [0, 0.1) is 6.92 Å². The van der Waals surface area contributed by atoms with Gasteiger partial charge in [0.1, 0.15) is 0 Å². The van der Waals surface area contributed by atoms with Gasteiger partial charge in [-0.3, -0.25) is 4.68 Å². The van der Waals surface area contributed by atoms with Gasteiger partial charge in [-0.2, -0.15) is 5.10 Å². The number of rotatable bonds is 6. The van der Waals surface area contributed by atoms with E-state index in [2.05, 4.69) is 25.0 Å². The van der Waals surface area contributed by atoms with Crippen molar-refractivity contribution >= 4 is 0 Å². The summed E-state index contributed by atoms with van der Waals surface area (Å²) in [5.74, 6) is 0. The molecule has 80 valence electrons. The lowest BCUT2D eigenvalue weighted by Crippen LogP contribution is -1.98. The lowest BCUT2D eigenvalue weighted by Gasteiger charge is -2.01. The number of aromatic nitrogens is 2. The van der Waals surface area contributed by atoms with Gasteiger partial charge in [-0.1, -0.05) is 32.6 Å². The molecule has 0 N–H and O–H groups in total. The molecule has 1 aromatic heterocycles. The van der Waals surface area contributed by atoms with Gasteiger partial charge in [0, 0.05) is 12.7 Å². The Morgan fingerprint density at radius 3 is 2.50 bits per heavy atom. The van der Waals surface area contributed by atoms with E-state index in [4.69, 9.17) is 0 Å². The summed E-state index contributed by atoms with van der Waals surface area (Å²) in [6.07, 6.45) is 7.93. The Morgan fingerprint density at radius 2 is 1.93 bits per heavy atom. The highest BCUT2D eigenvalue weighted by atomic mass is 15.3. The largest absolute Gasteiger partial charge is 0.272 e. The molecule has 0 unspecified atom stereocenters. The summed E-state index contributed by atoms with van der Waals surface area (Å²) in [7, 11) is 2.04. The average Bonchev–Trinajstić information content (AvgIpc) is 2.45. The number of hydrogen-bond donors (Lipinski definition) is 0. The van der Waals surface area contributed by atoms with Crippen LogP contribution in [0.1, 0.15) is 50.4 Å². The van der Waals surface area contributed by atoms with Gasteiger partial charge in [0.2, 0.25) is 0 Å². The van der Waals surface area contributed by atoms with Crippen LogP contribution < -0.4 is 0 Å². The van der Waals surface area contributed by atoms with Crippen molar-refractivity contribution in [1.29, 1.82) is 0 Å². The first-order valence-electron chi connectivity index (χ1n) is 5.73. The van der Waals surface area contributed by atoms with Crippen LogP contribution in [0.4, 0.5) is 0 Å². The summed E-state index contributed by atoms with van der Waals surface area (Å²) in [5, 5.41) is 4.34. The molecule has 0 fully saturated rings. The molecule has 1 rings (SSSR count). The standard InChI is InChI=1S/C12H22N2/c1-4-5-6-7-8-9-12-10-11(2)13-14(12)3/h10H,4-9H2,1-3H3. The molecule has 1 aromatic rings. The highest BCUT2D eigenvalue weighted by Gasteiger charge is 2.00. The monoisotopic (exact) mass is 194 g/mol. The van der Waals surface area contributed by atoms with Gasteiger partial charge in [0.15, 0.2) is 0 Å². The van der Waals surface area contributed by atoms with E-state index in [9.17, 15) is 0 Å². The summed E-state index contributed by atoms with van der Waals surface area (Å²) < 4.78 is 2.01. The molecule has 0 saturated carbocycles. The van der Waals surface area contributed by atoms with E-state index >= 15 is 0 Å². The van der Waals surface area contributed by atoms with E-state index < -0.39 is 0 Å². The third-order valence-corrected chi connectivity index (χ3v) is 2.64. The predicted molar refractivity (Wildman–Crippen MR) is 60.4 cm³/mol. The quantitative estimate of drug-likeness (QED) is 0.636.